The maximum absolute atomic E-state index is 9.75. The van der Waals surface area contributed by atoms with Crippen molar-refractivity contribution in [1.29, 1.82) is 5.26 Å². The summed E-state index contributed by atoms with van der Waals surface area (Å²) >= 11 is 1.89. The number of likely N-dealkylation sites (tertiary alicyclic amines) is 1. The van der Waals surface area contributed by atoms with E-state index in [4.69, 9.17) is 0 Å². The van der Waals surface area contributed by atoms with Crippen LogP contribution >= 0.6 is 11.8 Å². The molecule has 2 aliphatic heterocycles. The van der Waals surface area contributed by atoms with Gasteiger partial charge in [-0.05, 0) is 25.3 Å². The first-order chi connectivity index (χ1) is 8.37. The first-order valence-corrected chi connectivity index (χ1v) is 7.24. The molecule has 0 spiro atoms. The lowest BCUT2D eigenvalue weighted by Gasteiger charge is -2.40. The van der Waals surface area contributed by atoms with E-state index in [2.05, 4.69) is 35.2 Å². The van der Waals surface area contributed by atoms with Crippen molar-refractivity contribution < 1.29 is 0 Å². The van der Waals surface area contributed by atoms with Crippen molar-refractivity contribution in [2.75, 3.05) is 18.8 Å². The lowest BCUT2D eigenvalue weighted by molar-refractivity contribution is 0.164. The minimum Gasteiger partial charge on any atom is -0.282 e. The Bertz CT molecular complexity index is 460. The summed E-state index contributed by atoms with van der Waals surface area (Å²) in [4.78, 5) is 3.69. The lowest BCUT2D eigenvalue weighted by atomic mass is 9.86. The molecule has 2 nitrogen and oxygen atoms in total. The van der Waals surface area contributed by atoms with E-state index in [9.17, 15) is 5.26 Å². The van der Waals surface area contributed by atoms with Gasteiger partial charge in [0.05, 0.1) is 6.07 Å². The van der Waals surface area contributed by atoms with Gasteiger partial charge in [-0.15, -0.1) is 11.8 Å². The number of benzene rings is 1. The number of hydrogen-bond acceptors (Lipinski definition) is 3. The largest absolute Gasteiger partial charge is 0.282 e. The zero-order valence-corrected chi connectivity index (χ0v) is 10.7. The van der Waals surface area contributed by atoms with Crippen molar-refractivity contribution in [3.63, 3.8) is 0 Å². The highest BCUT2D eigenvalue weighted by atomic mass is 32.2. The first-order valence-electron chi connectivity index (χ1n) is 6.25. The van der Waals surface area contributed by atoms with Crippen molar-refractivity contribution in [3.05, 3.63) is 29.8 Å². The van der Waals surface area contributed by atoms with Crippen molar-refractivity contribution in [2.45, 2.75) is 29.7 Å². The SMILES string of the molecule is N#CC1(N2CCCC2)CCSc2ccccc21. The van der Waals surface area contributed by atoms with E-state index in [1.807, 2.05) is 11.8 Å². The van der Waals surface area contributed by atoms with Gasteiger partial charge < -0.3 is 0 Å². The Morgan fingerprint density at radius 3 is 2.76 bits per heavy atom. The molecule has 1 fully saturated rings. The quantitative estimate of drug-likeness (QED) is 0.760. The molecule has 0 aromatic heterocycles. The summed E-state index contributed by atoms with van der Waals surface area (Å²) in [6, 6.07) is 11.1. The Morgan fingerprint density at radius 2 is 2.00 bits per heavy atom. The molecule has 1 atom stereocenters. The summed E-state index contributed by atoms with van der Waals surface area (Å²) < 4.78 is 0. The van der Waals surface area contributed by atoms with Gasteiger partial charge >= 0.3 is 0 Å². The zero-order chi connectivity index (χ0) is 11.7. The summed E-state index contributed by atoms with van der Waals surface area (Å²) in [5.41, 5.74) is 0.888. The van der Waals surface area contributed by atoms with Gasteiger partial charge in [-0.25, -0.2) is 0 Å². The molecule has 2 heterocycles. The van der Waals surface area contributed by atoms with Crippen LogP contribution in [0.5, 0.6) is 0 Å². The molecule has 0 saturated carbocycles. The smallest absolute Gasteiger partial charge is 0.136 e. The number of nitriles is 1. The van der Waals surface area contributed by atoms with E-state index < -0.39 is 0 Å². The fourth-order valence-electron chi connectivity index (χ4n) is 2.99. The average molecular weight is 244 g/mol. The van der Waals surface area contributed by atoms with E-state index in [1.54, 1.807) is 0 Å². The van der Waals surface area contributed by atoms with E-state index in [0.29, 0.717) is 0 Å². The number of nitrogens with zero attached hydrogens (tertiary/aromatic N) is 2. The summed E-state index contributed by atoms with van der Waals surface area (Å²) in [5, 5.41) is 9.75. The predicted octanol–water partition coefficient (Wildman–Crippen LogP) is 3.00. The standard InChI is InChI=1S/C14H16N2S/c15-11-14(16-8-3-4-9-16)7-10-17-13-6-2-1-5-12(13)14/h1-2,5-6H,3-4,7-10H2. The molecular weight excluding hydrogens is 228 g/mol. The second-order valence-electron chi connectivity index (χ2n) is 4.76. The Kier molecular flexibility index (Phi) is 2.85. The molecule has 1 aromatic carbocycles. The molecule has 1 saturated heterocycles. The van der Waals surface area contributed by atoms with Crippen LogP contribution < -0.4 is 0 Å². The molecule has 0 amide bonds. The highest BCUT2D eigenvalue weighted by molar-refractivity contribution is 7.99. The van der Waals surface area contributed by atoms with Crippen LogP contribution in [0, 0.1) is 11.3 Å². The molecule has 1 unspecified atom stereocenters. The van der Waals surface area contributed by atoms with Crippen LogP contribution in [0.25, 0.3) is 0 Å². The van der Waals surface area contributed by atoms with Crippen molar-refractivity contribution in [1.82, 2.24) is 4.90 Å². The molecule has 0 N–H and O–H groups in total. The van der Waals surface area contributed by atoms with Crippen LogP contribution in [-0.4, -0.2) is 23.7 Å². The second kappa shape index (κ2) is 4.36. The first kappa shape index (κ1) is 11.1. The van der Waals surface area contributed by atoms with Crippen LogP contribution in [0.15, 0.2) is 29.2 Å². The normalized spacial score (nSPS) is 28.6. The molecule has 0 aliphatic carbocycles. The third kappa shape index (κ3) is 1.67. The van der Waals surface area contributed by atoms with Gasteiger partial charge in [-0.1, -0.05) is 18.2 Å². The van der Waals surface area contributed by atoms with Crippen LogP contribution in [0.4, 0.5) is 0 Å². The molecule has 0 radical (unpaired) electrons. The number of rotatable bonds is 1. The molecule has 2 aliphatic rings. The molecule has 0 bridgehead atoms. The van der Waals surface area contributed by atoms with Gasteiger partial charge in [0.1, 0.15) is 5.54 Å². The highest BCUT2D eigenvalue weighted by Gasteiger charge is 2.43. The molecule has 88 valence electrons. The third-order valence-electron chi connectivity index (χ3n) is 3.88. The fourth-order valence-corrected chi connectivity index (χ4v) is 4.18. The number of thioether (sulfide) groups is 1. The van der Waals surface area contributed by atoms with E-state index in [1.165, 1.54) is 23.3 Å². The average Bonchev–Trinajstić information content (AvgIpc) is 2.92. The summed E-state index contributed by atoms with van der Waals surface area (Å²) in [5.74, 6) is 1.06. The fraction of sp³-hybridized carbons (Fsp3) is 0.500. The summed E-state index contributed by atoms with van der Waals surface area (Å²) in [7, 11) is 0. The van der Waals surface area contributed by atoms with E-state index >= 15 is 0 Å². The van der Waals surface area contributed by atoms with Gasteiger partial charge in [0.25, 0.3) is 0 Å². The monoisotopic (exact) mass is 244 g/mol. The van der Waals surface area contributed by atoms with E-state index in [0.717, 1.165) is 25.3 Å². The van der Waals surface area contributed by atoms with Gasteiger partial charge in [-0.3, -0.25) is 4.90 Å². The molecule has 3 rings (SSSR count). The Morgan fingerprint density at radius 1 is 1.24 bits per heavy atom. The van der Waals surface area contributed by atoms with Gasteiger partial charge in [0.15, 0.2) is 0 Å². The minimum atomic E-state index is -0.349. The molecular formula is C14H16N2S. The van der Waals surface area contributed by atoms with Crippen LogP contribution in [0.1, 0.15) is 24.8 Å². The minimum absolute atomic E-state index is 0.349. The maximum Gasteiger partial charge on any atom is 0.136 e. The number of hydrogen-bond donors (Lipinski definition) is 0. The van der Waals surface area contributed by atoms with Gasteiger partial charge in [0.2, 0.25) is 0 Å². The van der Waals surface area contributed by atoms with Gasteiger partial charge in [0, 0.05) is 29.3 Å². The van der Waals surface area contributed by atoms with Crippen molar-refractivity contribution in [3.8, 4) is 6.07 Å². The molecule has 17 heavy (non-hydrogen) atoms. The Balaban J connectivity index is 2.09. The number of fused-ring (bicyclic) bond motifs is 1. The maximum atomic E-state index is 9.75. The lowest BCUT2D eigenvalue weighted by Crippen LogP contribution is -2.45. The molecule has 3 heteroatoms. The Hall–Kier alpha value is -0.980. The van der Waals surface area contributed by atoms with Crippen LogP contribution in [0.3, 0.4) is 0 Å². The summed E-state index contributed by atoms with van der Waals surface area (Å²) in [6.45, 7) is 2.15. The third-order valence-corrected chi connectivity index (χ3v) is 4.96. The summed E-state index contributed by atoms with van der Waals surface area (Å²) in [6.07, 6.45) is 3.43. The zero-order valence-electron chi connectivity index (χ0n) is 9.85. The van der Waals surface area contributed by atoms with Crippen LogP contribution in [0.2, 0.25) is 0 Å². The van der Waals surface area contributed by atoms with Gasteiger partial charge in [-0.2, -0.15) is 5.26 Å². The topological polar surface area (TPSA) is 27.0 Å². The van der Waals surface area contributed by atoms with Crippen molar-refractivity contribution >= 4 is 11.8 Å². The van der Waals surface area contributed by atoms with E-state index in [-0.39, 0.29) is 5.54 Å². The predicted molar refractivity (Wildman–Crippen MR) is 69.9 cm³/mol. The highest BCUT2D eigenvalue weighted by Crippen LogP contribution is 2.44. The molecule has 1 aromatic rings. The van der Waals surface area contributed by atoms with Crippen molar-refractivity contribution in [2.24, 2.45) is 0 Å². The van der Waals surface area contributed by atoms with Crippen LogP contribution in [-0.2, 0) is 5.54 Å². The second-order valence-corrected chi connectivity index (χ2v) is 5.90. The Labute approximate surface area is 107 Å².